The van der Waals surface area contributed by atoms with E-state index in [4.69, 9.17) is 9.47 Å². The highest BCUT2D eigenvalue weighted by Gasteiger charge is 2.19. The zero-order valence-electron chi connectivity index (χ0n) is 11.9. The second kappa shape index (κ2) is 6.26. The van der Waals surface area contributed by atoms with Crippen LogP contribution in [-0.4, -0.2) is 30.3 Å². The van der Waals surface area contributed by atoms with Crippen LogP contribution in [0.3, 0.4) is 0 Å². The van der Waals surface area contributed by atoms with Crippen LogP contribution in [0.2, 0.25) is 0 Å². The summed E-state index contributed by atoms with van der Waals surface area (Å²) in [5.41, 5.74) is 0.522. The normalized spacial score (nSPS) is 10.4. The fraction of sp³-hybridized carbons (Fsp3) is 0.250. The Labute approximate surface area is 122 Å². The largest absolute Gasteiger partial charge is 0.507 e. The second-order valence-electron chi connectivity index (χ2n) is 4.30. The number of phenols is 1. The molecule has 0 saturated carbocycles. The highest BCUT2D eigenvalue weighted by molar-refractivity contribution is 6.13. The van der Waals surface area contributed by atoms with Gasteiger partial charge in [0.15, 0.2) is 0 Å². The minimum atomic E-state index is -0.542. The van der Waals surface area contributed by atoms with Gasteiger partial charge in [0, 0.05) is 10.8 Å². The quantitative estimate of drug-likeness (QED) is 0.876. The fourth-order valence-electron chi connectivity index (χ4n) is 2.15. The smallest absolute Gasteiger partial charge is 0.338 e. The summed E-state index contributed by atoms with van der Waals surface area (Å²) in [6.45, 7) is 3.89. The summed E-state index contributed by atoms with van der Waals surface area (Å²) in [4.78, 5) is 23.9. The molecule has 0 spiro atoms. The lowest BCUT2D eigenvalue weighted by atomic mass is 9.99. The molecule has 2 aromatic rings. The summed E-state index contributed by atoms with van der Waals surface area (Å²) < 4.78 is 9.96. The van der Waals surface area contributed by atoms with Crippen LogP contribution >= 0.6 is 0 Å². The first kappa shape index (κ1) is 14.8. The maximum Gasteiger partial charge on any atom is 0.338 e. The zero-order chi connectivity index (χ0) is 15.4. The fourth-order valence-corrected chi connectivity index (χ4v) is 2.15. The Balaban J connectivity index is 2.67. The van der Waals surface area contributed by atoms with Gasteiger partial charge in [-0.1, -0.05) is 12.1 Å². The number of hydrogen-bond acceptors (Lipinski definition) is 5. The first-order chi connectivity index (χ1) is 10.1. The van der Waals surface area contributed by atoms with Crippen LogP contribution in [0.1, 0.15) is 34.6 Å². The number of rotatable bonds is 4. The maximum atomic E-state index is 12.0. The molecule has 21 heavy (non-hydrogen) atoms. The number of esters is 2. The van der Waals surface area contributed by atoms with Gasteiger partial charge in [0.2, 0.25) is 0 Å². The highest BCUT2D eigenvalue weighted by Crippen LogP contribution is 2.31. The number of hydrogen-bond donors (Lipinski definition) is 1. The molecule has 0 aliphatic rings. The van der Waals surface area contributed by atoms with Crippen LogP contribution in [0.5, 0.6) is 5.75 Å². The predicted octanol–water partition coefficient (Wildman–Crippen LogP) is 2.90. The third-order valence-corrected chi connectivity index (χ3v) is 3.01. The molecule has 0 bridgehead atoms. The van der Waals surface area contributed by atoms with E-state index in [1.54, 1.807) is 32.0 Å². The van der Waals surface area contributed by atoms with Gasteiger partial charge in [-0.05, 0) is 32.0 Å². The number of phenolic OH excluding ortho intramolecular Hbond substituents is 1. The van der Waals surface area contributed by atoms with Crippen molar-refractivity contribution in [1.82, 2.24) is 0 Å². The summed E-state index contributed by atoms with van der Waals surface area (Å²) in [6.07, 6.45) is 0. The first-order valence-corrected chi connectivity index (χ1v) is 6.69. The van der Waals surface area contributed by atoms with E-state index in [2.05, 4.69) is 0 Å². The number of carbonyl (C=O) groups is 2. The number of ether oxygens (including phenoxy) is 2. The zero-order valence-corrected chi connectivity index (χ0v) is 11.9. The van der Waals surface area contributed by atoms with Crippen molar-refractivity contribution in [2.24, 2.45) is 0 Å². The average Bonchev–Trinajstić information content (AvgIpc) is 2.47. The van der Waals surface area contributed by atoms with Crippen LogP contribution in [0.4, 0.5) is 0 Å². The standard InChI is InChI=1S/C16H16O5/c1-3-20-15(18)11-8-9-13(17)14-10(11)6-5-7-12(14)16(19)21-4-2/h5-9,17H,3-4H2,1-2H3. The molecule has 0 fully saturated rings. The van der Waals surface area contributed by atoms with Gasteiger partial charge in [-0.2, -0.15) is 0 Å². The highest BCUT2D eigenvalue weighted by atomic mass is 16.5. The predicted molar refractivity (Wildman–Crippen MR) is 77.5 cm³/mol. The lowest BCUT2D eigenvalue weighted by molar-refractivity contribution is 0.0517. The Kier molecular flexibility index (Phi) is 4.42. The first-order valence-electron chi connectivity index (χ1n) is 6.69. The molecule has 1 N–H and O–H groups in total. The Morgan fingerprint density at radius 1 is 0.952 bits per heavy atom. The van der Waals surface area contributed by atoms with E-state index in [1.807, 2.05) is 0 Å². The molecule has 0 radical (unpaired) electrons. The van der Waals surface area contributed by atoms with Gasteiger partial charge in [-0.15, -0.1) is 0 Å². The van der Waals surface area contributed by atoms with E-state index in [-0.39, 0.29) is 24.5 Å². The molecule has 0 unspecified atom stereocenters. The molecule has 110 valence electrons. The van der Waals surface area contributed by atoms with Crippen LogP contribution in [0, 0.1) is 0 Å². The van der Waals surface area contributed by atoms with Crippen molar-refractivity contribution in [1.29, 1.82) is 0 Å². The Hall–Kier alpha value is -2.56. The van der Waals surface area contributed by atoms with E-state index >= 15 is 0 Å². The van der Waals surface area contributed by atoms with E-state index in [0.29, 0.717) is 16.3 Å². The van der Waals surface area contributed by atoms with E-state index in [1.165, 1.54) is 12.1 Å². The minimum absolute atomic E-state index is 0.0818. The molecule has 0 atom stereocenters. The number of carbonyl (C=O) groups excluding carboxylic acids is 2. The van der Waals surface area contributed by atoms with E-state index in [9.17, 15) is 14.7 Å². The molecule has 2 rings (SSSR count). The number of fused-ring (bicyclic) bond motifs is 1. The summed E-state index contributed by atoms with van der Waals surface area (Å²) in [7, 11) is 0. The summed E-state index contributed by atoms with van der Waals surface area (Å²) in [5.74, 6) is -1.12. The van der Waals surface area contributed by atoms with Gasteiger partial charge in [-0.25, -0.2) is 9.59 Å². The monoisotopic (exact) mass is 288 g/mol. The van der Waals surface area contributed by atoms with Crippen molar-refractivity contribution in [2.75, 3.05) is 13.2 Å². The van der Waals surface area contributed by atoms with Crippen LogP contribution < -0.4 is 0 Å². The molecule has 0 heterocycles. The van der Waals surface area contributed by atoms with Gasteiger partial charge in [0.05, 0.1) is 24.3 Å². The second-order valence-corrected chi connectivity index (χ2v) is 4.30. The molecule has 5 nitrogen and oxygen atoms in total. The maximum absolute atomic E-state index is 12.0. The third kappa shape index (κ3) is 2.81. The number of aromatic hydroxyl groups is 1. The molecule has 0 aromatic heterocycles. The molecule has 2 aromatic carbocycles. The third-order valence-electron chi connectivity index (χ3n) is 3.01. The van der Waals surface area contributed by atoms with E-state index < -0.39 is 11.9 Å². The van der Waals surface area contributed by atoms with Gasteiger partial charge in [0.25, 0.3) is 0 Å². The van der Waals surface area contributed by atoms with Crippen molar-refractivity contribution < 1.29 is 24.2 Å². The summed E-state index contributed by atoms with van der Waals surface area (Å²) >= 11 is 0. The molecular formula is C16H16O5. The van der Waals surface area contributed by atoms with E-state index in [0.717, 1.165) is 0 Å². The molecule has 0 aliphatic heterocycles. The molecule has 0 aliphatic carbocycles. The van der Waals surface area contributed by atoms with Crippen LogP contribution in [0.15, 0.2) is 30.3 Å². The van der Waals surface area contributed by atoms with Crippen molar-refractivity contribution >= 4 is 22.7 Å². The minimum Gasteiger partial charge on any atom is -0.507 e. The van der Waals surface area contributed by atoms with Crippen molar-refractivity contribution in [3.63, 3.8) is 0 Å². The number of benzene rings is 2. The Bertz CT molecular complexity index is 690. The van der Waals surface area contributed by atoms with Gasteiger partial charge in [0.1, 0.15) is 5.75 Å². The van der Waals surface area contributed by atoms with Crippen LogP contribution in [-0.2, 0) is 9.47 Å². The Morgan fingerprint density at radius 3 is 2.19 bits per heavy atom. The van der Waals surface area contributed by atoms with Crippen molar-refractivity contribution in [2.45, 2.75) is 13.8 Å². The lowest BCUT2D eigenvalue weighted by Crippen LogP contribution is -2.08. The van der Waals surface area contributed by atoms with Gasteiger partial charge >= 0.3 is 11.9 Å². The average molecular weight is 288 g/mol. The van der Waals surface area contributed by atoms with Gasteiger partial charge in [-0.3, -0.25) is 0 Å². The van der Waals surface area contributed by atoms with Gasteiger partial charge < -0.3 is 14.6 Å². The van der Waals surface area contributed by atoms with Crippen molar-refractivity contribution in [3.05, 3.63) is 41.5 Å². The molecular weight excluding hydrogens is 272 g/mol. The lowest BCUT2D eigenvalue weighted by Gasteiger charge is -2.11. The molecule has 5 heteroatoms. The SMILES string of the molecule is CCOC(=O)c1ccc(O)c2c(C(=O)OCC)cccc12. The Morgan fingerprint density at radius 2 is 1.57 bits per heavy atom. The van der Waals surface area contributed by atoms with Crippen molar-refractivity contribution in [3.8, 4) is 5.75 Å². The molecule has 0 saturated heterocycles. The topological polar surface area (TPSA) is 72.8 Å². The molecule has 0 amide bonds. The van der Waals surface area contributed by atoms with Crippen LogP contribution in [0.25, 0.3) is 10.8 Å². The summed E-state index contributed by atoms with van der Waals surface area (Å²) in [6, 6.07) is 7.69. The summed E-state index contributed by atoms with van der Waals surface area (Å²) in [5, 5.41) is 10.8.